The van der Waals surface area contributed by atoms with Gasteiger partial charge < -0.3 is 26.4 Å². The summed E-state index contributed by atoms with van der Waals surface area (Å²) >= 11 is 0. The highest BCUT2D eigenvalue weighted by Gasteiger charge is 2.50. The number of ether oxygens (including phenoxy) is 1. The Hall–Kier alpha value is -0.850. The average Bonchev–Trinajstić information content (AvgIpc) is 2.75. The number of nitrogens with one attached hydrogen (secondary N) is 1. The standard InChI is InChI=1S/C14H26N4O2/c15-11-8-18(10-13(11)2-1-3-13)12(19)17-9-14(16)4-6-20-7-5-14/h11H,1-10,15-16H2,(H,17,19). The summed E-state index contributed by atoms with van der Waals surface area (Å²) in [5.41, 5.74) is 12.4. The molecule has 0 bridgehead atoms. The molecule has 114 valence electrons. The molecule has 0 aromatic carbocycles. The number of amides is 2. The maximum atomic E-state index is 12.3. The number of rotatable bonds is 2. The van der Waals surface area contributed by atoms with Gasteiger partial charge in [-0.1, -0.05) is 6.42 Å². The highest BCUT2D eigenvalue weighted by atomic mass is 16.5. The monoisotopic (exact) mass is 282 g/mol. The zero-order valence-corrected chi connectivity index (χ0v) is 12.1. The van der Waals surface area contributed by atoms with Crippen LogP contribution in [0.15, 0.2) is 0 Å². The third-order valence-corrected chi connectivity index (χ3v) is 5.43. The molecule has 1 aliphatic carbocycles. The van der Waals surface area contributed by atoms with Crippen molar-refractivity contribution in [1.29, 1.82) is 0 Å². The van der Waals surface area contributed by atoms with Gasteiger partial charge in [0.2, 0.25) is 0 Å². The van der Waals surface area contributed by atoms with Crippen LogP contribution < -0.4 is 16.8 Å². The van der Waals surface area contributed by atoms with Crippen LogP contribution in [0.2, 0.25) is 0 Å². The van der Waals surface area contributed by atoms with Crippen LogP contribution in [0.4, 0.5) is 4.79 Å². The van der Waals surface area contributed by atoms with Crippen molar-refractivity contribution < 1.29 is 9.53 Å². The first kappa shape index (κ1) is 14.1. The first-order valence-electron chi connectivity index (χ1n) is 7.68. The second-order valence-electron chi connectivity index (χ2n) is 6.84. The Labute approximate surface area is 120 Å². The minimum Gasteiger partial charge on any atom is -0.381 e. The lowest BCUT2D eigenvalue weighted by atomic mass is 9.66. The molecule has 5 N–H and O–H groups in total. The lowest BCUT2D eigenvalue weighted by Gasteiger charge is -2.41. The molecule has 1 unspecified atom stereocenters. The van der Waals surface area contributed by atoms with Crippen molar-refractivity contribution >= 4 is 6.03 Å². The summed E-state index contributed by atoms with van der Waals surface area (Å²) in [6, 6.07) is 0.123. The van der Waals surface area contributed by atoms with Crippen molar-refractivity contribution in [2.24, 2.45) is 16.9 Å². The number of carbonyl (C=O) groups is 1. The SMILES string of the molecule is NC1CN(C(=O)NCC2(N)CCOCC2)CC12CCC2. The predicted octanol–water partition coefficient (Wildman–Crippen LogP) is 0.0171. The first-order valence-corrected chi connectivity index (χ1v) is 7.68. The van der Waals surface area contributed by atoms with Crippen molar-refractivity contribution in [3.8, 4) is 0 Å². The number of urea groups is 1. The third-order valence-electron chi connectivity index (χ3n) is 5.43. The Morgan fingerprint density at radius 2 is 2.00 bits per heavy atom. The zero-order valence-electron chi connectivity index (χ0n) is 12.1. The number of hydrogen-bond acceptors (Lipinski definition) is 4. The van der Waals surface area contributed by atoms with E-state index in [1.807, 2.05) is 4.90 Å². The lowest BCUT2D eigenvalue weighted by Crippen LogP contribution is -2.55. The first-order chi connectivity index (χ1) is 9.53. The van der Waals surface area contributed by atoms with Gasteiger partial charge in [-0.15, -0.1) is 0 Å². The maximum absolute atomic E-state index is 12.3. The Balaban J connectivity index is 1.50. The van der Waals surface area contributed by atoms with E-state index in [2.05, 4.69) is 5.32 Å². The number of hydrogen-bond donors (Lipinski definition) is 3. The molecule has 2 aliphatic heterocycles. The van der Waals surface area contributed by atoms with E-state index in [1.54, 1.807) is 0 Å². The Kier molecular flexibility index (Phi) is 3.64. The topological polar surface area (TPSA) is 93.6 Å². The molecule has 20 heavy (non-hydrogen) atoms. The van der Waals surface area contributed by atoms with E-state index in [1.165, 1.54) is 6.42 Å². The van der Waals surface area contributed by atoms with Gasteiger partial charge in [0.15, 0.2) is 0 Å². The van der Waals surface area contributed by atoms with E-state index < -0.39 is 0 Å². The fourth-order valence-electron chi connectivity index (χ4n) is 3.63. The Morgan fingerprint density at radius 1 is 1.30 bits per heavy atom. The molecule has 3 fully saturated rings. The van der Waals surface area contributed by atoms with Gasteiger partial charge in [-0.25, -0.2) is 4.79 Å². The molecule has 1 spiro atoms. The molecular weight excluding hydrogens is 256 g/mol. The molecule has 3 rings (SSSR count). The van der Waals surface area contributed by atoms with E-state index in [0.717, 1.165) is 32.2 Å². The molecule has 1 atom stereocenters. The highest BCUT2D eigenvalue weighted by molar-refractivity contribution is 5.75. The van der Waals surface area contributed by atoms with Gasteiger partial charge in [0.1, 0.15) is 0 Å². The van der Waals surface area contributed by atoms with Crippen LogP contribution in [0.3, 0.4) is 0 Å². The van der Waals surface area contributed by atoms with Gasteiger partial charge in [-0.3, -0.25) is 0 Å². The molecule has 6 nitrogen and oxygen atoms in total. The van der Waals surface area contributed by atoms with Gasteiger partial charge >= 0.3 is 6.03 Å². The molecule has 2 heterocycles. The van der Waals surface area contributed by atoms with E-state index in [4.69, 9.17) is 16.2 Å². The lowest BCUT2D eigenvalue weighted by molar-refractivity contribution is 0.0533. The second kappa shape index (κ2) is 5.16. The fraction of sp³-hybridized carbons (Fsp3) is 0.929. The summed E-state index contributed by atoms with van der Waals surface area (Å²) in [6.07, 6.45) is 5.18. The summed E-state index contributed by atoms with van der Waals surface area (Å²) in [4.78, 5) is 14.1. The summed E-state index contributed by atoms with van der Waals surface area (Å²) in [5, 5.41) is 2.99. The molecule has 0 aromatic rings. The fourth-order valence-corrected chi connectivity index (χ4v) is 3.63. The number of carbonyl (C=O) groups excluding carboxylic acids is 1. The second-order valence-corrected chi connectivity index (χ2v) is 6.84. The van der Waals surface area contributed by atoms with Crippen LogP contribution in [0.1, 0.15) is 32.1 Å². The molecule has 6 heteroatoms. The summed E-state index contributed by atoms with van der Waals surface area (Å²) in [6.45, 7) is 3.37. The quantitative estimate of drug-likeness (QED) is 0.665. The summed E-state index contributed by atoms with van der Waals surface area (Å²) in [5.74, 6) is 0. The predicted molar refractivity (Wildman–Crippen MR) is 76.2 cm³/mol. The van der Waals surface area contributed by atoms with Crippen molar-refractivity contribution in [2.45, 2.75) is 43.7 Å². The van der Waals surface area contributed by atoms with Crippen molar-refractivity contribution in [3.05, 3.63) is 0 Å². The number of nitrogens with two attached hydrogens (primary N) is 2. The minimum atomic E-state index is -0.316. The van der Waals surface area contributed by atoms with Gasteiger partial charge in [-0.05, 0) is 25.7 Å². The van der Waals surface area contributed by atoms with Crippen LogP contribution in [-0.4, -0.2) is 55.4 Å². The summed E-state index contributed by atoms with van der Waals surface area (Å²) < 4.78 is 5.32. The normalized spacial score (nSPS) is 31.1. The smallest absolute Gasteiger partial charge is 0.317 e. The molecule has 3 aliphatic rings. The number of likely N-dealkylation sites (tertiary alicyclic amines) is 1. The van der Waals surface area contributed by atoms with Crippen molar-refractivity contribution in [2.75, 3.05) is 32.8 Å². The summed E-state index contributed by atoms with van der Waals surface area (Å²) in [7, 11) is 0. The maximum Gasteiger partial charge on any atom is 0.317 e. The molecule has 2 amide bonds. The average molecular weight is 282 g/mol. The van der Waals surface area contributed by atoms with E-state index >= 15 is 0 Å². The Morgan fingerprint density at radius 3 is 2.55 bits per heavy atom. The van der Waals surface area contributed by atoms with Gasteiger partial charge in [0.05, 0.1) is 0 Å². The zero-order chi connectivity index (χ0) is 14.2. The Bertz CT molecular complexity index is 377. The highest BCUT2D eigenvalue weighted by Crippen LogP contribution is 2.47. The van der Waals surface area contributed by atoms with E-state index in [9.17, 15) is 4.79 Å². The molecule has 1 saturated carbocycles. The van der Waals surface area contributed by atoms with E-state index in [-0.39, 0.29) is 23.0 Å². The van der Waals surface area contributed by atoms with Gasteiger partial charge in [0.25, 0.3) is 0 Å². The van der Waals surface area contributed by atoms with Crippen LogP contribution in [0.25, 0.3) is 0 Å². The third kappa shape index (κ3) is 2.52. The number of nitrogens with zero attached hydrogens (tertiary/aromatic N) is 1. The van der Waals surface area contributed by atoms with Gasteiger partial charge in [-0.2, -0.15) is 0 Å². The van der Waals surface area contributed by atoms with E-state index in [0.29, 0.717) is 26.3 Å². The van der Waals surface area contributed by atoms with Crippen molar-refractivity contribution in [1.82, 2.24) is 10.2 Å². The molecule has 0 radical (unpaired) electrons. The molecule has 0 aromatic heterocycles. The van der Waals surface area contributed by atoms with Crippen molar-refractivity contribution in [3.63, 3.8) is 0 Å². The minimum absolute atomic E-state index is 0.0134. The molecule has 2 saturated heterocycles. The molecular formula is C14H26N4O2. The van der Waals surface area contributed by atoms with Crippen LogP contribution in [0.5, 0.6) is 0 Å². The van der Waals surface area contributed by atoms with Crippen LogP contribution in [0, 0.1) is 5.41 Å². The van der Waals surface area contributed by atoms with Crippen LogP contribution >= 0.6 is 0 Å². The van der Waals surface area contributed by atoms with Crippen LogP contribution in [-0.2, 0) is 4.74 Å². The largest absolute Gasteiger partial charge is 0.381 e. The van der Waals surface area contributed by atoms with Gasteiger partial charge in [0, 0.05) is 49.8 Å².